The summed E-state index contributed by atoms with van der Waals surface area (Å²) in [5.41, 5.74) is 8.25. The maximum Gasteiger partial charge on any atom is 0.123 e. The molecular weight excluding hydrogens is 148 g/mol. The van der Waals surface area contributed by atoms with Gasteiger partial charge in [-0.3, -0.25) is 0 Å². The Labute approximate surface area is 72.8 Å². The molecule has 0 spiro atoms. The number of aromatic nitrogens is 1. The minimum absolute atomic E-state index is 0.595. The summed E-state index contributed by atoms with van der Waals surface area (Å²) in [5, 5.41) is 0. The number of nitrogen functional groups attached to an aromatic ring is 1. The van der Waals surface area contributed by atoms with Gasteiger partial charge in [-0.2, -0.15) is 0 Å². The van der Waals surface area contributed by atoms with Crippen molar-refractivity contribution < 1.29 is 0 Å². The van der Waals surface area contributed by atoms with Crippen molar-refractivity contribution in [2.24, 2.45) is 0 Å². The molecule has 2 rings (SSSR count). The van der Waals surface area contributed by atoms with Crippen LogP contribution in [-0.4, -0.2) is 4.98 Å². The number of pyridine rings is 1. The molecule has 2 N–H and O–H groups in total. The lowest BCUT2D eigenvalue weighted by Crippen LogP contribution is -2.10. The topological polar surface area (TPSA) is 38.9 Å². The molecule has 2 nitrogen and oxygen atoms in total. The van der Waals surface area contributed by atoms with Crippen LogP contribution >= 0.6 is 0 Å². The van der Waals surface area contributed by atoms with Crippen molar-refractivity contribution in [2.75, 3.05) is 5.73 Å². The van der Waals surface area contributed by atoms with Gasteiger partial charge in [0.2, 0.25) is 0 Å². The lowest BCUT2D eigenvalue weighted by atomic mass is 9.88. The van der Waals surface area contributed by atoms with Crippen LogP contribution in [0.25, 0.3) is 0 Å². The van der Waals surface area contributed by atoms with E-state index in [0.29, 0.717) is 11.7 Å². The SMILES string of the molecule is CC1CCCc2ccc(N)nc21. The van der Waals surface area contributed by atoms with Crippen LogP contribution in [0, 0.1) is 0 Å². The van der Waals surface area contributed by atoms with Crippen LogP contribution in [-0.2, 0) is 6.42 Å². The smallest absolute Gasteiger partial charge is 0.123 e. The summed E-state index contributed by atoms with van der Waals surface area (Å²) in [6.07, 6.45) is 3.72. The summed E-state index contributed by atoms with van der Waals surface area (Å²) in [6, 6.07) is 4.02. The predicted molar refractivity (Wildman–Crippen MR) is 50.0 cm³/mol. The molecule has 1 aromatic heterocycles. The predicted octanol–water partition coefficient (Wildman–Crippen LogP) is 2.10. The standard InChI is InChI=1S/C10H14N2/c1-7-3-2-4-8-5-6-9(11)12-10(7)8/h5-7H,2-4H2,1H3,(H2,11,12). The molecule has 0 aliphatic heterocycles. The van der Waals surface area contributed by atoms with E-state index in [2.05, 4.69) is 18.0 Å². The van der Waals surface area contributed by atoms with Gasteiger partial charge in [0.15, 0.2) is 0 Å². The van der Waals surface area contributed by atoms with Gasteiger partial charge in [0.1, 0.15) is 5.82 Å². The fourth-order valence-corrected chi connectivity index (χ4v) is 1.89. The largest absolute Gasteiger partial charge is 0.384 e. The van der Waals surface area contributed by atoms with E-state index in [9.17, 15) is 0 Å². The lowest BCUT2D eigenvalue weighted by molar-refractivity contribution is 0.574. The number of hydrogen-bond acceptors (Lipinski definition) is 2. The normalized spacial score (nSPS) is 21.9. The molecule has 64 valence electrons. The van der Waals surface area contributed by atoms with Crippen molar-refractivity contribution in [2.45, 2.75) is 32.1 Å². The average Bonchev–Trinajstić information content (AvgIpc) is 2.07. The summed E-state index contributed by atoms with van der Waals surface area (Å²) in [4.78, 5) is 4.37. The number of nitrogens with zero attached hydrogens (tertiary/aromatic N) is 1. The van der Waals surface area contributed by atoms with E-state index in [1.807, 2.05) is 6.07 Å². The van der Waals surface area contributed by atoms with Gasteiger partial charge in [0.05, 0.1) is 0 Å². The van der Waals surface area contributed by atoms with Crippen molar-refractivity contribution in [1.29, 1.82) is 0 Å². The van der Waals surface area contributed by atoms with E-state index in [-0.39, 0.29) is 0 Å². The lowest BCUT2D eigenvalue weighted by Gasteiger charge is -2.20. The zero-order valence-electron chi connectivity index (χ0n) is 7.38. The molecule has 1 unspecified atom stereocenters. The molecule has 12 heavy (non-hydrogen) atoms. The maximum absolute atomic E-state index is 5.63. The zero-order chi connectivity index (χ0) is 8.55. The Hall–Kier alpha value is -1.05. The third kappa shape index (κ3) is 1.17. The molecule has 1 atom stereocenters. The van der Waals surface area contributed by atoms with E-state index in [4.69, 9.17) is 5.73 Å². The molecule has 1 aliphatic rings. The van der Waals surface area contributed by atoms with E-state index in [0.717, 1.165) is 0 Å². The Kier molecular flexibility index (Phi) is 1.75. The third-order valence-corrected chi connectivity index (χ3v) is 2.58. The van der Waals surface area contributed by atoms with E-state index in [1.54, 1.807) is 0 Å². The van der Waals surface area contributed by atoms with Gasteiger partial charge in [-0.05, 0) is 36.8 Å². The average molecular weight is 162 g/mol. The van der Waals surface area contributed by atoms with Gasteiger partial charge >= 0.3 is 0 Å². The Morgan fingerprint density at radius 3 is 3.17 bits per heavy atom. The molecule has 0 radical (unpaired) electrons. The first-order valence-corrected chi connectivity index (χ1v) is 4.52. The van der Waals surface area contributed by atoms with Gasteiger partial charge in [0, 0.05) is 5.69 Å². The molecule has 2 heteroatoms. The Morgan fingerprint density at radius 1 is 1.50 bits per heavy atom. The van der Waals surface area contributed by atoms with Gasteiger partial charge in [-0.15, -0.1) is 0 Å². The van der Waals surface area contributed by atoms with Gasteiger partial charge in [0.25, 0.3) is 0 Å². The third-order valence-electron chi connectivity index (χ3n) is 2.58. The summed E-state index contributed by atoms with van der Waals surface area (Å²) in [6.45, 7) is 2.23. The number of aryl methyl sites for hydroxylation is 1. The summed E-state index contributed by atoms with van der Waals surface area (Å²) >= 11 is 0. The van der Waals surface area contributed by atoms with E-state index in [1.165, 1.54) is 30.5 Å². The molecule has 1 heterocycles. The molecule has 0 bridgehead atoms. The van der Waals surface area contributed by atoms with Crippen molar-refractivity contribution in [3.63, 3.8) is 0 Å². The second kappa shape index (κ2) is 2.77. The van der Waals surface area contributed by atoms with Gasteiger partial charge in [-0.1, -0.05) is 13.0 Å². The van der Waals surface area contributed by atoms with Gasteiger partial charge in [-0.25, -0.2) is 4.98 Å². The molecule has 0 amide bonds. The first-order chi connectivity index (χ1) is 5.77. The monoisotopic (exact) mass is 162 g/mol. The Balaban J connectivity index is 2.47. The quantitative estimate of drug-likeness (QED) is 0.634. The highest BCUT2D eigenvalue weighted by atomic mass is 14.8. The molecule has 0 saturated carbocycles. The second-order valence-electron chi connectivity index (χ2n) is 3.57. The minimum Gasteiger partial charge on any atom is -0.384 e. The first kappa shape index (κ1) is 7.59. The highest BCUT2D eigenvalue weighted by molar-refractivity contribution is 5.36. The van der Waals surface area contributed by atoms with Crippen LogP contribution in [0.5, 0.6) is 0 Å². The van der Waals surface area contributed by atoms with Crippen molar-refractivity contribution >= 4 is 5.82 Å². The van der Waals surface area contributed by atoms with Gasteiger partial charge < -0.3 is 5.73 Å². The highest BCUT2D eigenvalue weighted by Gasteiger charge is 2.17. The molecule has 0 saturated heterocycles. The number of nitrogens with two attached hydrogens (primary N) is 1. The Morgan fingerprint density at radius 2 is 2.33 bits per heavy atom. The molecule has 0 aromatic carbocycles. The van der Waals surface area contributed by atoms with Crippen molar-refractivity contribution in [3.8, 4) is 0 Å². The molecule has 1 aliphatic carbocycles. The van der Waals surface area contributed by atoms with E-state index >= 15 is 0 Å². The van der Waals surface area contributed by atoms with Crippen LogP contribution < -0.4 is 5.73 Å². The highest BCUT2D eigenvalue weighted by Crippen LogP contribution is 2.29. The number of rotatable bonds is 0. The fourth-order valence-electron chi connectivity index (χ4n) is 1.89. The minimum atomic E-state index is 0.595. The van der Waals surface area contributed by atoms with Crippen LogP contribution in [0.2, 0.25) is 0 Å². The maximum atomic E-state index is 5.63. The molecule has 0 fully saturated rings. The van der Waals surface area contributed by atoms with Crippen molar-refractivity contribution in [3.05, 3.63) is 23.4 Å². The van der Waals surface area contributed by atoms with E-state index < -0.39 is 0 Å². The molecular formula is C10H14N2. The number of hydrogen-bond donors (Lipinski definition) is 1. The van der Waals surface area contributed by atoms with Crippen LogP contribution in [0.15, 0.2) is 12.1 Å². The Bertz CT molecular complexity index is 294. The zero-order valence-corrected chi connectivity index (χ0v) is 7.38. The first-order valence-electron chi connectivity index (χ1n) is 4.52. The van der Waals surface area contributed by atoms with Crippen LogP contribution in [0.3, 0.4) is 0 Å². The summed E-state index contributed by atoms with van der Waals surface area (Å²) < 4.78 is 0. The van der Waals surface area contributed by atoms with Crippen LogP contribution in [0.4, 0.5) is 5.82 Å². The molecule has 1 aromatic rings. The fraction of sp³-hybridized carbons (Fsp3) is 0.500. The summed E-state index contributed by atoms with van der Waals surface area (Å²) in [7, 11) is 0. The van der Waals surface area contributed by atoms with Crippen molar-refractivity contribution in [1.82, 2.24) is 4.98 Å². The number of anilines is 1. The number of fused-ring (bicyclic) bond motifs is 1. The van der Waals surface area contributed by atoms with Crippen LogP contribution in [0.1, 0.15) is 36.9 Å². The summed E-state index contributed by atoms with van der Waals surface area (Å²) in [5.74, 6) is 1.25. The second-order valence-corrected chi connectivity index (χ2v) is 3.57.